The molecule has 0 fully saturated rings. The summed E-state index contributed by atoms with van der Waals surface area (Å²) in [4.78, 5) is 10.0. The summed E-state index contributed by atoms with van der Waals surface area (Å²) < 4.78 is 0. The van der Waals surface area contributed by atoms with Crippen molar-refractivity contribution in [1.29, 1.82) is 0 Å². The van der Waals surface area contributed by atoms with Crippen molar-refractivity contribution in [1.82, 2.24) is 15.3 Å². The highest BCUT2D eigenvalue weighted by molar-refractivity contribution is 6.30. The van der Waals surface area contributed by atoms with Gasteiger partial charge in [0.05, 0.1) is 28.2 Å². The number of benzene rings is 4. The first-order valence-corrected chi connectivity index (χ1v) is 13.2. The third kappa shape index (κ3) is 6.04. The fourth-order valence-electron chi connectivity index (χ4n) is 4.57. The Morgan fingerprint density at radius 1 is 0.816 bits per heavy atom. The summed E-state index contributed by atoms with van der Waals surface area (Å²) in [6.45, 7) is 8.55. The van der Waals surface area contributed by atoms with Crippen LogP contribution in [0.2, 0.25) is 5.02 Å². The van der Waals surface area contributed by atoms with Crippen LogP contribution in [0.15, 0.2) is 104 Å². The van der Waals surface area contributed by atoms with E-state index in [1.807, 2.05) is 42.5 Å². The molecule has 0 unspecified atom stereocenters. The predicted octanol–water partition coefficient (Wildman–Crippen LogP) is 8.65. The highest BCUT2D eigenvalue weighted by atomic mass is 35.5. The zero-order chi connectivity index (χ0) is 26.5. The Morgan fingerprint density at radius 2 is 1.61 bits per heavy atom. The number of rotatable bonds is 10. The Labute approximate surface area is 228 Å². The molecule has 1 aromatic heterocycles. The zero-order valence-electron chi connectivity index (χ0n) is 21.3. The van der Waals surface area contributed by atoms with E-state index in [1.165, 1.54) is 16.3 Å². The van der Waals surface area contributed by atoms with Crippen LogP contribution in [0.5, 0.6) is 0 Å². The summed E-state index contributed by atoms with van der Waals surface area (Å²) in [5.74, 6) is 0.215. The summed E-state index contributed by atoms with van der Waals surface area (Å²) >= 11 is 6.12. The molecule has 0 saturated carbocycles. The highest BCUT2D eigenvalue weighted by Gasteiger charge is 2.13. The third-order valence-electron chi connectivity index (χ3n) is 6.65. The van der Waals surface area contributed by atoms with E-state index in [9.17, 15) is 5.11 Å². The minimum Gasteiger partial charge on any atom is -0.513 e. The van der Waals surface area contributed by atoms with Crippen molar-refractivity contribution in [3.05, 3.63) is 126 Å². The van der Waals surface area contributed by atoms with Crippen LogP contribution < -0.4 is 5.32 Å². The van der Waals surface area contributed by atoms with Gasteiger partial charge >= 0.3 is 0 Å². The number of allylic oxidation sites excluding steroid dienone is 1. The first-order valence-electron chi connectivity index (χ1n) is 12.8. The Hall–Kier alpha value is -4.15. The first kappa shape index (κ1) is 25.5. The minimum absolute atomic E-state index is 0.215. The number of aliphatic hydroxyl groups excluding tert-OH is 1. The lowest BCUT2D eigenvalue weighted by atomic mass is 10.0. The van der Waals surface area contributed by atoms with Crippen molar-refractivity contribution in [2.45, 2.75) is 32.2 Å². The molecule has 0 atom stereocenters. The zero-order valence-corrected chi connectivity index (χ0v) is 22.0. The van der Waals surface area contributed by atoms with Crippen molar-refractivity contribution >= 4 is 39.1 Å². The molecule has 0 amide bonds. The van der Waals surface area contributed by atoms with Crippen LogP contribution in [-0.4, -0.2) is 15.1 Å². The van der Waals surface area contributed by atoms with Gasteiger partial charge in [0.15, 0.2) is 0 Å². The molecule has 0 bridgehead atoms. The average Bonchev–Trinajstić information content (AvgIpc) is 2.93. The predicted molar refractivity (Wildman–Crippen MR) is 159 cm³/mol. The van der Waals surface area contributed by atoms with Gasteiger partial charge < -0.3 is 10.4 Å². The second-order valence-electron chi connectivity index (χ2n) is 9.52. The fourth-order valence-corrected chi connectivity index (χ4v) is 4.70. The summed E-state index contributed by atoms with van der Waals surface area (Å²) in [7, 11) is 0. The summed E-state index contributed by atoms with van der Waals surface area (Å²) in [5.41, 5.74) is 7.44. The molecular formula is C33H30ClN3O. The number of fused-ring (bicyclic) bond motifs is 2. The SMILES string of the molecule is C=C(O)CCCCc1nc2cc(C(=C)NCc3ccc4ccccc4c3)ccc2nc1-c1ccc(Cl)cc1. The van der Waals surface area contributed by atoms with Crippen LogP contribution in [0.4, 0.5) is 0 Å². The van der Waals surface area contributed by atoms with E-state index in [4.69, 9.17) is 21.6 Å². The molecular weight excluding hydrogens is 490 g/mol. The van der Waals surface area contributed by atoms with Crippen LogP contribution in [0, 0.1) is 0 Å². The molecule has 0 saturated heterocycles. The van der Waals surface area contributed by atoms with Gasteiger partial charge in [-0.1, -0.05) is 79.4 Å². The number of halogens is 1. The Morgan fingerprint density at radius 3 is 2.39 bits per heavy atom. The number of aryl methyl sites for hydroxylation is 1. The molecule has 0 spiro atoms. The lowest BCUT2D eigenvalue weighted by Crippen LogP contribution is -2.11. The summed E-state index contributed by atoms with van der Waals surface area (Å²) in [6, 6.07) is 28.6. The van der Waals surface area contributed by atoms with Crippen LogP contribution in [0.25, 0.3) is 38.8 Å². The lowest BCUT2D eigenvalue weighted by molar-refractivity contribution is 0.384. The quantitative estimate of drug-likeness (QED) is 0.143. The molecule has 38 heavy (non-hydrogen) atoms. The van der Waals surface area contributed by atoms with Crippen molar-refractivity contribution in [2.75, 3.05) is 0 Å². The van der Waals surface area contributed by atoms with E-state index in [2.05, 4.69) is 60.9 Å². The third-order valence-corrected chi connectivity index (χ3v) is 6.90. The smallest absolute Gasteiger partial charge is 0.0925 e. The van der Waals surface area contributed by atoms with E-state index in [0.29, 0.717) is 18.0 Å². The maximum atomic E-state index is 9.45. The van der Waals surface area contributed by atoms with Crippen molar-refractivity contribution < 1.29 is 5.11 Å². The molecule has 0 aliphatic rings. The largest absolute Gasteiger partial charge is 0.513 e. The molecule has 5 rings (SSSR count). The normalized spacial score (nSPS) is 11.1. The average molecular weight is 520 g/mol. The van der Waals surface area contributed by atoms with Gasteiger partial charge in [0, 0.05) is 29.2 Å². The molecule has 4 aromatic carbocycles. The second-order valence-corrected chi connectivity index (χ2v) is 9.95. The number of nitrogens with zero attached hydrogens (tertiary/aromatic N) is 2. The van der Waals surface area contributed by atoms with Crippen LogP contribution in [0.1, 0.15) is 36.1 Å². The minimum atomic E-state index is 0.215. The van der Waals surface area contributed by atoms with E-state index in [1.54, 1.807) is 0 Å². The molecule has 5 heteroatoms. The van der Waals surface area contributed by atoms with Gasteiger partial charge in [0.2, 0.25) is 0 Å². The number of hydrogen-bond acceptors (Lipinski definition) is 4. The van der Waals surface area contributed by atoms with Gasteiger partial charge in [0.25, 0.3) is 0 Å². The number of aromatic nitrogens is 2. The molecule has 2 N–H and O–H groups in total. The van der Waals surface area contributed by atoms with Crippen LogP contribution in [-0.2, 0) is 13.0 Å². The van der Waals surface area contributed by atoms with Crippen molar-refractivity contribution in [3.8, 4) is 11.3 Å². The molecule has 190 valence electrons. The first-order chi connectivity index (χ1) is 18.5. The van der Waals surface area contributed by atoms with Crippen LogP contribution in [0.3, 0.4) is 0 Å². The number of aliphatic hydroxyl groups is 1. The molecule has 0 radical (unpaired) electrons. The monoisotopic (exact) mass is 519 g/mol. The van der Waals surface area contributed by atoms with E-state index in [-0.39, 0.29) is 5.76 Å². The number of nitrogens with one attached hydrogen (secondary N) is 1. The summed E-state index contributed by atoms with van der Waals surface area (Å²) in [5, 5.41) is 16.1. The Bertz CT molecular complexity index is 1630. The Kier molecular flexibility index (Phi) is 7.71. The van der Waals surface area contributed by atoms with Gasteiger partial charge in [-0.3, -0.25) is 0 Å². The van der Waals surface area contributed by atoms with Gasteiger partial charge in [0.1, 0.15) is 0 Å². The maximum Gasteiger partial charge on any atom is 0.0925 e. The van der Waals surface area contributed by atoms with Crippen molar-refractivity contribution in [2.24, 2.45) is 0 Å². The fraction of sp³-hybridized carbons (Fsp3) is 0.152. The maximum absolute atomic E-state index is 9.45. The topological polar surface area (TPSA) is 58.0 Å². The van der Waals surface area contributed by atoms with E-state index >= 15 is 0 Å². The van der Waals surface area contributed by atoms with Gasteiger partial charge in [-0.05, 0) is 71.5 Å². The van der Waals surface area contributed by atoms with E-state index in [0.717, 1.165) is 58.5 Å². The number of unbranched alkanes of at least 4 members (excludes halogenated alkanes) is 1. The molecule has 0 aliphatic carbocycles. The highest BCUT2D eigenvalue weighted by Crippen LogP contribution is 2.27. The lowest BCUT2D eigenvalue weighted by Gasteiger charge is -2.13. The number of hydrogen-bond donors (Lipinski definition) is 2. The Balaban J connectivity index is 1.38. The molecule has 1 heterocycles. The second kappa shape index (κ2) is 11.5. The molecule has 0 aliphatic heterocycles. The van der Waals surface area contributed by atoms with Crippen LogP contribution >= 0.6 is 11.6 Å². The molecule has 5 aromatic rings. The summed E-state index contributed by atoms with van der Waals surface area (Å²) in [6.07, 6.45) is 3.05. The standard InChI is InChI=1S/C33H30ClN3O/c1-22(38)7-3-6-10-31-33(26-13-16-29(34)17-14-26)37-30-18-15-27(20-32(30)36-31)23(2)35-21-24-11-12-25-8-4-5-9-28(25)19-24/h4-5,8-9,11-20,35,38H,1-3,6-7,10,21H2. The van der Waals surface area contributed by atoms with Gasteiger partial charge in [-0.15, -0.1) is 0 Å². The van der Waals surface area contributed by atoms with Gasteiger partial charge in [-0.2, -0.15) is 0 Å². The molecule has 4 nitrogen and oxygen atoms in total. The van der Waals surface area contributed by atoms with Gasteiger partial charge in [-0.25, -0.2) is 9.97 Å². The van der Waals surface area contributed by atoms with Crippen molar-refractivity contribution in [3.63, 3.8) is 0 Å². The van der Waals surface area contributed by atoms with E-state index < -0.39 is 0 Å².